The molecule has 3 rings (SSSR count). The van der Waals surface area contributed by atoms with Crippen LogP contribution in [0.4, 0.5) is 0 Å². The second-order valence-electron chi connectivity index (χ2n) is 7.00. The Morgan fingerprint density at radius 1 is 1.23 bits per heavy atom. The van der Waals surface area contributed by atoms with Crippen LogP contribution < -0.4 is 20.9 Å². The molecule has 1 aliphatic heterocycles. The lowest BCUT2D eigenvalue weighted by molar-refractivity contribution is -0.129. The van der Waals surface area contributed by atoms with Crippen LogP contribution in [0.5, 0.6) is 5.75 Å². The number of carbonyl (C=O) groups is 3. The number of hydrazine groups is 1. The molecule has 1 aromatic carbocycles. The minimum absolute atomic E-state index is 0.0691. The van der Waals surface area contributed by atoms with Gasteiger partial charge in [-0.05, 0) is 42.9 Å². The van der Waals surface area contributed by atoms with E-state index < -0.39 is 17.7 Å². The molecule has 0 radical (unpaired) electrons. The molecule has 1 fully saturated rings. The number of hydrogen-bond acceptors (Lipinski definition) is 6. The molecule has 164 valence electrons. The van der Waals surface area contributed by atoms with Gasteiger partial charge in [0.15, 0.2) is 5.11 Å². The van der Waals surface area contributed by atoms with Crippen molar-refractivity contribution >= 4 is 35.1 Å². The van der Waals surface area contributed by atoms with Gasteiger partial charge in [-0.2, -0.15) is 0 Å². The van der Waals surface area contributed by atoms with Crippen molar-refractivity contribution in [2.75, 3.05) is 13.2 Å². The van der Waals surface area contributed by atoms with Crippen molar-refractivity contribution in [1.29, 1.82) is 0 Å². The van der Waals surface area contributed by atoms with E-state index in [1.807, 2.05) is 6.92 Å². The van der Waals surface area contributed by atoms with E-state index in [1.54, 1.807) is 41.3 Å². The normalized spacial score (nSPS) is 15.5. The van der Waals surface area contributed by atoms with Crippen LogP contribution in [0.1, 0.15) is 35.9 Å². The standard InChI is InChI=1S/C21H24N4O5S/c1-2-9-30-17-8-4-3-7-16(17)20(28)22-21(31)24-23-19(27)14-11-18(26)25(12-14)13-15-6-5-10-29-15/h3-8,10,14H,2,9,11-13H2,1H3,(H,23,27)(H2,22,24,28,31). The van der Waals surface area contributed by atoms with E-state index in [2.05, 4.69) is 16.2 Å². The molecule has 0 saturated carbocycles. The highest BCUT2D eigenvalue weighted by Crippen LogP contribution is 2.20. The molecule has 31 heavy (non-hydrogen) atoms. The van der Waals surface area contributed by atoms with Crippen molar-refractivity contribution in [3.63, 3.8) is 0 Å². The molecule has 0 spiro atoms. The summed E-state index contributed by atoms with van der Waals surface area (Å²) in [5, 5.41) is 2.43. The number of furan rings is 1. The fraction of sp³-hybridized carbons (Fsp3) is 0.333. The smallest absolute Gasteiger partial charge is 0.261 e. The summed E-state index contributed by atoms with van der Waals surface area (Å²) < 4.78 is 10.8. The number of likely N-dealkylation sites (tertiary alicyclic amines) is 1. The summed E-state index contributed by atoms with van der Waals surface area (Å²) in [5.74, 6) is -0.403. The monoisotopic (exact) mass is 444 g/mol. The summed E-state index contributed by atoms with van der Waals surface area (Å²) in [7, 11) is 0. The molecule has 1 unspecified atom stereocenters. The minimum Gasteiger partial charge on any atom is -0.493 e. The molecule has 1 aliphatic rings. The molecule has 2 aromatic rings. The largest absolute Gasteiger partial charge is 0.493 e. The number of para-hydroxylation sites is 1. The van der Waals surface area contributed by atoms with Gasteiger partial charge in [0, 0.05) is 13.0 Å². The van der Waals surface area contributed by atoms with Crippen LogP contribution in [0.25, 0.3) is 0 Å². The third-order valence-electron chi connectivity index (χ3n) is 4.63. The topological polar surface area (TPSA) is 113 Å². The van der Waals surface area contributed by atoms with Gasteiger partial charge < -0.3 is 14.1 Å². The maximum Gasteiger partial charge on any atom is 0.261 e. The number of thiocarbonyl (C=S) groups is 1. The van der Waals surface area contributed by atoms with Crippen LogP contribution in [0.2, 0.25) is 0 Å². The van der Waals surface area contributed by atoms with E-state index in [-0.39, 0.29) is 24.0 Å². The van der Waals surface area contributed by atoms with Crippen molar-refractivity contribution in [3.05, 3.63) is 54.0 Å². The number of rotatable bonds is 7. The van der Waals surface area contributed by atoms with E-state index in [9.17, 15) is 14.4 Å². The van der Waals surface area contributed by atoms with Gasteiger partial charge in [-0.3, -0.25) is 30.6 Å². The average Bonchev–Trinajstić information content (AvgIpc) is 3.41. The third-order valence-corrected chi connectivity index (χ3v) is 4.84. The second kappa shape index (κ2) is 10.6. The first-order valence-corrected chi connectivity index (χ1v) is 10.3. The fourth-order valence-electron chi connectivity index (χ4n) is 3.11. The van der Waals surface area contributed by atoms with Crippen LogP contribution in [-0.4, -0.2) is 40.9 Å². The zero-order valence-corrected chi connectivity index (χ0v) is 17.9. The number of nitrogens with one attached hydrogen (secondary N) is 3. The average molecular weight is 445 g/mol. The Hall–Kier alpha value is -3.40. The Kier molecular flexibility index (Phi) is 7.60. The molecule has 9 nitrogen and oxygen atoms in total. The number of ether oxygens (including phenoxy) is 1. The summed E-state index contributed by atoms with van der Waals surface area (Å²) in [4.78, 5) is 38.6. The Balaban J connectivity index is 1.47. The quantitative estimate of drug-likeness (QED) is 0.441. The molecule has 3 N–H and O–H groups in total. The Labute approximate surface area is 185 Å². The molecule has 2 heterocycles. The summed E-state index contributed by atoms with van der Waals surface area (Å²) >= 11 is 5.09. The number of amides is 3. The molecule has 0 bridgehead atoms. The lowest BCUT2D eigenvalue weighted by Crippen LogP contribution is -2.50. The first kappa shape index (κ1) is 22.3. The SMILES string of the molecule is CCCOc1ccccc1C(=O)NC(=S)NNC(=O)C1CC(=O)N(Cc2ccco2)C1. The minimum atomic E-state index is -0.531. The zero-order valence-electron chi connectivity index (χ0n) is 17.1. The van der Waals surface area contributed by atoms with Gasteiger partial charge in [0.25, 0.3) is 5.91 Å². The molecule has 0 aliphatic carbocycles. The van der Waals surface area contributed by atoms with E-state index in [0.29, 0.717) is 30.2 Å². The molecule has 10 heteroatoms. The van der Waals surface area contributed by atoms with Gasteiger partial charge in [-0.15, -0.1) is 0 Å². The first-order chi connectivity index (χ1) is 15.0. The van der Waals surface area contributed by atoms with Gasteiger partial charge in [-0.25, -0.2) is 0 Å². The number of nitrogens with zero attached hydrogens (tertiary/aromatic N) is 1. The summed E-state index contributed by atoms with van der Waals surface area (Å²) in [6.45, 7) is 3.05. The van der Waals surface area contributed by atoms with E-state index in [1.165, 1.54) is 6.26 Å². The van der Waals surface area contributed by atoms with Crippen molar-refractivity contribution in [3.8, 4) is 5.75 Å². The van der Waals surface area contributed by atoms with Gasteiger partial charge in [0.2, 0.25) is 11.8 Å². The maximum absolute atomic E-state index is 12.5. The highest BCUT2D eigenvalue weighted by Gasteiger charge is 2.34. The van der Waals surface area contributed by atoms with E-state index >= 15 is 0 Å². The van der Waals surface area contributed by atoms with Gasteiger partial charge in [0.1, 0.15) is 11.5 Å². The molecule has 1 atom stereocenters. The predicted molar refractivity (Wildman–Crippen MR) is 116 cm³/mol. The Morgan fingerprint density at radius 2 is 2.03 bits per heavy atom. The molecule has 3 amide bonds. The predicted octanol–water partition coefficient (Wildman–Crippen LogP) is 1.75. The van der Waals surface area contributed by atoms with Crippen molar-refractivity contribution in [1.82, 2.24) is 21.1 Å². The summed E-state index contributed by atoms with van der Waals surface area (Å²) in [6.07, 6.45) is 2.44. The Morgan fingerprint density at radius 3 is 2.77 bits per heavy atom. The highest BCUT2D eigenvalue weighted by molar-refractivity contribution is 7.80. The third kappa shape index (κ3) is 6.05. The summed E-state index contributed by atoms with van der Waals surface area (Å²) in [6, 6.07) is 10.3. The molecular formula is C21H24N4O5S. The molecular weight excluding hydrogens is 420 g/mol. The van der Waals surface area contributed by atoms with Crippen LogP contribution in [-0.2, 0) is 16.1 Å². The van der Waals surface area contributed by atoms with Gasteiger partial charge >= 0.3 is 0 Å². The number of hydrogen-bond donors (Lipinski definition) is 3. The summed E-state index contributed by atoms with van der Waals surface area (Å²) in [5.41, 5.74) is 5.29. The van der Waals surface area contributed by atoms with E-state index in [4.69, 9.17) is 21.4 Å². The number of carbonyl (C=O) groups excluding carboxylic acids is 3. The highest BCUT2D eigenvalue weighted by atomic mass is 32.1. The molecule has 1 saturated heterocycles. The van der Waals surface area contributed by atoms with Crippen molar-refractivity contribution in [2.45, 2.75) is 26.3 Å². The lowest BCUT2D eigenvalue weighted by atomic mass is 10.1. The van der Waals surface area contributed by atoms with Crippen molar-refractivity contribution in [2.24, 2.45) is 5.92 Å². The second-order valence-corrected chi connectivity index (χ2v) is 7.41. The van der Waals surface area contributed by atoms with Crippen LogP contribution >= 0.6 is 12.2 Å². The van der Waals surface area contributed by atoms with Crippen LogP contribution in [0.15, 0.2) is 47.1 Å². The van der Waals surface area contributed by atoms with Crippen LogP contribution in [0, 0.1) is 5.92 Å². The van der Waals surface area contributed by atoms with Gasteiger partial charge in [-0.1, -0.05) is 19.1 Å². The first-order valence-electron chi connectivity index (χ1n) is 9.91. The lowest BCUT2D eigenvalue weighted by Gasteiger charge is -2.16. The van der Waals surface area contributed by atoms with E-state index in [0.717, 1.165) is 6.42 Å². The fourth-order valence-corrected chi connectivity index (χ4v) is 3.25. The van der Waals surface area contributed by atoms with Crippen LogP contribution in [0.3, 0.4) is 0 Å². The van der Waals surface area contributed by atoms with Gasteiger partial charge in [0.05, 0.1) is 30.9 Å². The Bertz CT molecular complexity index is 947. The zero-order chi connectivity index (χ0) is 22.2. The number of benzene rings is 1. The molecule has 1 aromatic heterocycles. The maximum atomic E-state index is 12.5. The van der Waals surface area contributed by atoms with Crippen molar-refractivity contribution < 1.29 is 23.5 Å².